The molecule has 3 rings (SSSR count). The van der Waals surface area contributed by atoms with Crippen LogP contribution in [-0.2, 0) is 11.5 Å². The first-order valence-corrected chi connectivity index (χ1v) is 11.6. The summed E-state index contributed by atoms with van der Waals surface area (Å²) in [6.45, 7) is 8.44. The fourth-order valence-electron chi connectivity index (χ4n) is 2.46. The molecule has 1 fully saturated rings. The van der Waals surface area contributed by atoms with Crippen LogP contribution in [0, 0.1) is 0 Å². The molecule has 0 bridgehead atoms. The maximum Gasteiger partial charge on any atom is 0.147 e. The van der Waals surface area contributed by atoms with Gasteiger partial charge in [-0.3, -0.25) is 0 Å². The highest BCUT2D eigenvalue weighted by atomic mass is 35.5. The molecule has 6 heteroatoms. The molecule has 0 spiro atoms. The van der Waals surface area contributed by atoms with Crippen molar-refractivity contribution in [2.75, 3.05) is 6.61 Å². The zero-order chi connectivity index (χ0) is 15.0. The van der Waals surface area contributed by atoms with E-state index in [-0.39, 0.29) is 0 Å². The Bertz CT molecular complexity index is 646. The van der Waals surface area contributed by atoms with E-state index in [2.05, 4.69) is 40.4 Å². The van der Waals surface area contributed by atoms with E-state index in [1.165, 1.54) is 30.8 Å². The summed E-state index contributed by atoms with van der Waals surface area (Å²) in [6, 6.07) is 1.18. The summed E-state index contributed by atoms with van der Waals surface area (Å²) in [5.74, 6) is 0.624. The lowest BCUT2D eigenvalue weighted by Gasteiger charge is -2.15. The van der Waals surface area contributed by atoms with Crippen LogP contribution < -0.4 is 0 Å². The average Bonchev–Trinajstić information content (AvgIpc) is 3.17. The highest BCUT2D eigenvalue weighted by Gasteiger charge is 2.29. The summed E-state index contributed by atoms with van der Waals surface area (Å²) in [7, 11) is -1.04. The van der Waals surface area contributed by atoms with Crippen LogP contribution in [0.1, 0.15) is 24.3 Å². The standard InChI is InChI=1S/C15H22ClN3OSi/c1-21(2,3)7-6-20-10-19-8-12(11-4-5-11)13-14(16)17-9-18-15(13)19/h8-9,11H,4-7,10H2,1-3H3. The molecule has 0 radical (unpaired) electrons. The van der Waals surface area contributed by atoms with Crippen molar-refractivity contribution in [3.63, 3.8) is 0 Å². The largest absolute Gasteiger partial charge is 0.361 e. The first kappa shape index (κ1) is 15.0. The van der Waals surface area contributed by atoms with Gasteiger partial charge in [0.1, 0.15) is 23.9 Å². The van der Waals surface area contributed by atoms with Crippen LogP contribution in [0.15, 0.2) is 12.5 Å². The van der Waals surface area contributed by atoms with Gasteiger partial charge in [-0.2, -0.15) is 0 Å². The van der Waals surface area contributed by atoms with Gasteiger partial charge >= 0.3 is 0 Å². The van der Waals surface area contributed by atoms with Crippen molar-refractivity contribution in [3.8, 4) is 0 Å². The van der Waals surface area contributed by atoms with Crippen LogP contribution >= 0.6 is 11.6 Å². The van der Waals surface area contributed by atoms with Gasteiger partial charge in [0.2, 0.25) is 0 Å². The summed E-state index contributed by atoms with van der Waals surface area (Å²) in [5.41, 5.74) is 2.18. The molecule has 0 amide bonds. The van der Waals surface area contributed by atoms with Crippen molar-refractivity contribution in [1.82, 2.24) is 14.5 Å². The lowest BCUT2D eigenvalue weighted by Crippen LogP contribution is -2.22. The third kappa shape index (κ3) is 3.47. The molecule has 0 saturated heterocycles. The zero-order valence-corrected chi connectivity index (χ0v) is 14.7. The second-order valence-electron chi connectivity index (χ2n) is 7.04. The van der Waals surface area contributed by atoms with Gasteiger partial charge < -0.3 is 9.30 Å². The zero-order valence-electron chi connectivity index (χ0n) is 12.9. The average molecular weight is 324 g/mol. The Morgan fingerprint density at radius 1 is 1.33 bits per heavy atom. The van der Waals surface area contributed by atoms with Crippen molar-refractivity contribution in [2.45, 2.75) is 51.2 Å². The van der Waals surface area contributed by atoms with E-state index >= 15 is 0 Å². The molecule has 2 heterocycles. The van der Waals surface area contributed by atoms with E-state index < -0.39 is 8.07 Å². The number of rotatable bonds is 6. The fraction of sp³-hybridized carbons (Fsp3) is 0.600. The topological polar surface area (TPSA) is 39.9 Å². The number of aromatic nitrogens is 3. The Labute approximate surface area is 131 Å². The Kier molecular flexibility index (Phi) is 4.07. The van der Waals surface area contributed by atoms with Gasteiger partial charge in [-0.1, -0.05) is 31.2 Å². The van der Waals surface area contributed by atoms with Crippen LogP contribution in [0.3, 0.4) is 0 Å². The summed E-state index contributed by atoms with van der Waals surface area (Å²) < 4.78 is 7.92. The van der Waals surface area contributed by atoms with Crippen molar-refractivity contribution < 1.29 is 4.74 Å². The van der Waals surface area contributed by atoms with Gasteiger partial charge in [-0.05, 0) is 30.4 Å². The molecule has 0 aliphatic heterocycles. The highest BCUT2D eigenvalue weighted by Crippen LogP contribution is 2.44. The van der Waals surface area contributed by atoms with Gasteiger partial charge in [0.25, 0.3) is 0 Å². The number of hydrogen-bond acceptors (Lipinski definition) is 3. The normalized spacial score (nSPS) is 15.8. The SMILES string of the molecule is C[Si](C)(C)CCOCn1cc(C2CC2)c2c(Cl)ncnc21. The van der Waals surface area contributed by atoms with E-state index in [1.54, 1.807) is 0 Å². The van der Waals surface area contributed by atoms with Crippen LogP contribution in [0.5, 0.6) is 0 Å². The number of hydrogen-bond donors (Lipinski definition) is 0. The fourth-order valence-corrected chi connectivity index (χ4v) is 3.45. The first-order valence-electron chi connectivity index (χ1n) is 7.53. The Morgan fingerprint density at radius 2 is 2.10 bits per heavy atom. The molecular weight excluding hydrogens is 302 g/mol. The number of ether oxygens (including phenoxy) is 1. The van der Waals surface area contributed by atoms with E-state index in [1.807, 2.05) is 0 Å². The summed E-state index contributed by atoms with van der Waals surface area (Å²) in [4.78, 5) is 8.52. The van der Waals surface area contributed by atoms with Gasteiger partial charge in [0.15, 0.2) is 0 Å². The van der Waals surface area contributed by atoms with E-state index in [0.29, 0.717) is 17.8 Å². The number of nitrogens with zero attached hydrogens (tertiary/aromatic N) is 3. The molecule has 21 heavy (non-hydrogen) atoms. The van der Waals surface area contributed by atoms with Crippen molar-refractivity contribution in [1.29, 1.82) is 0 Å². The molecule has 4 nitrogen and oxygen atoms in total. The van der Waals surface area contributed by atoms with Gasteiger partial charge in [0.05, 0.1) is 5.39 Å². The second kappa shape index (κ2) is 5.70. The number of halogens is 1. The molecular formula is C15H22ClN3OSi. The minimum Gasteiger partial charge on any atom is -0.361 e. The Balaban J connectivity index is 1.78. The van der Waals surface area contributed by atoms with Crippen molar-refractivity contribution in [3.05, 3.63) is 23.2 Å². The van der Waals surface area contributed by atoms with Crippen LogP contribution in [0.4, 0.5) is 0 Å². The first-order chi connectivity index (χ1) is 9.96. The second-order valence-corrected chi connectivity index (χ2v) is 13.0. The molecule has 0 N–H and O–H groups in total. The lowest BCUT2D eigenvalue weighted by molar-refractivity contribution is 0.0898. The molecule has 0 atom stereocenters. The van der Waals surface area contributed by atoms with Gasteiger partial charge in [-0.25, -0.2) is 9.97 Å². The van der Waals surface area contributed by atoms with E-state index in [9.17, 15) is 0 Å². The summed E-state index contributed by atoms with van der Waals surface area (Å²) in [6.07, 6.45) is 6.15. The van der Waals surface area contributed by atoms with Crippen LogP contribution in [0.25, 0.3) is 11.0 Å². The third-order valence-corrected chi connectivity index (χ3v) is 5.87. The predicted octanol–water partition coefficient (Wildman–Crippen LogP) is 4.27. The maximum atomic E-state index is 6.27. The van der Waals surface area contributed by atoms with E-state index in [4.69, 9.17) is 16.3 Å². The minimum atomic E-state index is -1.04. The molecule has 2 aromatic rings. The number of fused-ring (bicyclic) bond motifs is 1. The summed E-state index contributed by atoms with van der Waals surface area (Å²) in [5, 5.41) is 1.57. The predicted molar refractivity (Wildman–Crippen MR) is 88.6 cm³/mol. The molecule has 2 aromatic heterocycles. The smallest absolute Gasteiger partial charge is 0.147 e. The summed E-state index contributed by atoms with van der Waals surface area (Å²) >= 11 is 6.27. The van der Waals surface area contributed by atoms with E-state index in [0.717, 1.165) is 17.6 Å². The molecule has 1 saturated carbocycles. The van der Waals surface area contributed by atoms with Gasteiger partial charge in [0, 0.05) is 20.9 Å². The Morgan fingerprint density at radius 3 is 2.76 bits per heavy atom. The molecule has 1 aliphatic carbocycles. The highest BCUT2D eigenvalue weighted by molar-refractivity contribution is 6.76. The van der Waals surface area contributed by atoms with Crippen LogP contribution in [-0.4, -0.2) is 29.2 Å². The third-order valence-electron chi connectivity index (χ3n) is 3.88. The monoisotopic (exact) mass is 323 g/mol. The lowest BCUT2D eigenvalue weighted by atomic mass is 10.2. The Hall–Kier alpha value is -0.913. The molecule has 114 valence electrons. The molecule has 1 aliphatic rings. The van der Waals surface area contributed by atoms with Crippen molar-refractivity contribution >= 4 is 30.7 Å². The quantitative estimate of drug-likeness (QED) is 0.452. The molecule has 0 unspecified atom stereocenters. The minimum absolute atomic E-state index is 0.543. The van der Waals surface area contributed by atoms with Crippen molar-refractivity contribution in [2.24, 2.45) is 0 Å². The van der Waals surface area contributed by atoms with Gasteiger partial charge in [-0.15, -0.1) is 0 Å². The molecule has 0 aromatic carbocycles. The van der Waals surface area contributed by atoms with Crippen LogP contribution in [0.2, 0.25) is 30.8 Å². The maximum absolute atomic E-state index is 6.27.